The molecule has 0 spiro atoms. The quantitative estimate of drug-likeness (QED) is 0.517. The third kappa shape index (κ3) is 8.91. The second-order valence-corrected chi connectivity index (χ2v) is 0. The van der Waals surface area contributed by atoms with Crippen LogP contribution in [0.2, 0.25) is 0 Å². The standard InChI is InChI=1S/Co.La.Ni.H2O/h;;;1H2. The molecule has 0 unspecified atom stereocenters. The Morgan fingerprint density at radius 2 is 1.00 bits per heavy atom. The fraction of sp³-hybridized carbons (Fsp3) is 0. The van der Waals surface area contributed by atoms with Crippen LogP contribution in [-0.4, -0.2) is 5.48 Å². The van der Waals surface area contributed by atoms with Gasteiger partial charge >= 0.3 is 0 Å². The molecule has 2 radical (unpaired) electrons. The van der Waals surface area contributed by atoms with Crippen molar-refractivity contribution in [2.75, 3.05) is 0 Å². The van der Waals surface area contributed by atoms with Gasteiger partial charge in [-0.05, 0) is 0 Å². The van der Waals surface area contributed by atoms with Crippen molar-refractivity contribution < 1.29 is 74.3 Å². The van der Waals surface area contributed by atoms with Crippen LogP contribution in [0.15, 0.2) is 0 Å². The Bertz CT molecular complexity index is 8.00. The first-order chi connectivity index (χ1) is 0. The first kappa shape index (κ1) is 35.2. The van der Waals surface area contributed by atoms with Crippen molar-refractivity contribution in [2.24, 2.45) is 0 Å². The molecule has 4 heteroatoms. The van der Waals surface area contributed by atoms with Crippen LogP contribution < -0.4 is 0 Å². The zero-order valence-electron chi connectivity index (χ0n) is 1.73. The van der Waals surface area contributed by atoms with E-state index in [1.54, 1.807) is 0 Å². The second kappa shape index (κ2) is 19.2. The Labute approximate surface area is 73.3 Å². The molecule has 0 amide bonds. The zero-order valence-corrected chi connectivity index (χ0v) is 7.38. The monoisotopic (exact) mass is 274 g/mol. The van der Waals surface area contributed by atoms with Crippen molar-refractivity contribution in [2.45, 2.75) is 0 Å². The fourth-order valence-electron chi connectivity index (χ4n) is 0. The molecule has 4 heavy (non-hydrogen) atoms. The van der Waals surface area contributed by atoms with Crippen molar-refractivity contribution in [1.82, 2.24) is 0 Å². The van der Waals surface area contributed by atoms with Crippen LogP contribution in [0.25, 0.3) is 0 Å². The van der Waals surface area contributed by atoms with Crippen molar-refractivity contribution in [1.29, 1.82) is 0 Å². The largest absolute Gasteiger partial charge is 0.412 e. The molecule has 1 nitrogen and oxygen atoms in total. The number of hydrogen-bond donors (Lipinski definition) is 0. The summed E-state index contributed by atoms with van der Waals surface area (Å²) in [5.41, 5.74) is 0. The maximum Gasteiger partial charge on any atom is 0 e. The molecule has 0 aliphatic carbocycles. The third-order valence-electron chi connectivity index (χ3n) is 0. The summed E-state index contributed by atoms with van der Waals surface area (Å²) in [6, 6.07) is 0. The summed E-state index contributed by atoms with van der Waals surface area (Å²) in [4.78, 5) is 0. The molecule has 0 aromatic carbocycles. The zero-order chi connectivity index (χ0) is 0. The fourth-order valence-corrected chi connectivity index (χ4v) is 0. The Hall–Kier alpha value is 2.15. The van der Waals surface area contributed by atoms with E-state index in [4.69, 9.17) is 0 Å². The van der Waals surface area contributed by atoms with Gasteiger partial charge in [-0.3, -0.25) is 0 Å². The van der Waals surface area contributed by atoms with Crippen LogP contribution in [-0.2, 0) is 33.3 Å². The Balaban J connectivity index is 0. The summed E-state index contributed by atoms with van der Waals surface area (Å²) in [7, 11) is 0. The van der Waals surface area contributed by atoms with Crippen molar-refractivity contribution in [3.8, 4) is 0 Å². The van der Waals surface area contributed by atoms with E-state index in [0.717, 1.165) is 0 Å². The van der Waals surface area contributed by atoms with Gasteiger partial charge in [-0.1, -0.05) is 0 Å². The minimum absolute atomic E-state index is 0. The van der Waals surface area contributed by atoms with Gasteiger partial charge in [0, 0.05) is 68.9 Å². The number of hydrogen-bond acceptors (Lipinski definition) is 0. The average Bonchev–Trinajstić information content (AvgIpc) is 0. The molecule has 0 saturated carbocycles. The van der Waals surface area contributed by atoms with Crippen molar-refractivity contribution in [3.63, 3.8) is 0 Å². The van der Waals surface area contributed by atoms with E-state index in [9.17, 15) is 0 Å². The maximum atomic E-state index is 0. The normalized spacial score (nSPS) is 0. The summed E-state index contributed by atoms with van der Waals surface area (Å²) >= 11 is 0. The Morgan fingerprint density at radius 1 is 1.00 bits per heavy atom. The molecule has 0 rings (SSSR count). The van der Waals surface area contributed by atoms with Crippen LogP contribution in [0.5, 0.6) is 0 Å². The SMILES string of the molecule is O.[Co].[La].[Ni]. The van der Waals surface area contributed by atoms with Crippen LogP contribution in [0.1, 0.15) is 0 Å². The third-order valence-corrected chi connectivity index (χ3v) is 0. The van der Waals surface area contributed by atoms with E-state index >= 15 is 0 Å². The van der Waals surface area contributed by atoms with E-state index < -0.39 is 0 Å². The predicted octanol–water partition coefficient (Wildman–Crippen LogP) is -0.830. The summed E-state index contributed by atoms with van der Waals surface area (Å²) in [6.07, 6.45) is 0. The topological polar surface area (TPSA) is 31.5 Å². The first-order valence-corrected chi connectivity index (χ1v) is 0. The molecule has 0 saturated heterocycles. The van der Waals surface area contributed by atoms with Crippen LogP contribution >= 0.6 is 0 Å². The van der Waals surface area contributed by atoms with Gasteiger partial charge in [-0.2, -0.15) is 0 Å². The van der Waals surface area contributed by atoms with Crippen LogP contribution in [0.4, 0.5) is 0 Å². The van der Waals surface area contributed by atoms with Gasteiger partial charge in [0.2, 0.25) is 0 Å². The van der Waals surface area contributed by atoms with Crippen LogP contribution in [0, 0.1) is 35.6 Å². The molecule has 30 valence electrons. The van der Waals surface area contributed by atoms with E-state index in [0.29, 0.717) is 0 Å². The predicted molar refractivity (Wildman–Crippen MR) is 3.61 cm³/mol. The molecule has 0 aliphatic heterocycles. The molecule has 0 fully saturated rings. The molecule has 2 N–H and O–H groups in total. The minimum atomic E-state index is 0. The maximum absolute atomic E-state index is 0. The van der Waals surface area contributed by atoms with Gasteiger partial charge in [0.25, 0.3) is 0 Å². The smallest absolute Gasteiger partial charge is 0 e. The van der Waals surface area contributed by atoms with E-state index in [-0.39, 0.29) is 74.3 Å². The summed E-state index contributed by atoms with van der Waals surface area (Å²) < 4.78 is 0. The Morgan fingerprint density at radius 3 is 1.00 bits per heavy atom. The minimum Gasteiger partial charge on any atom is -0.412 e. The van der Waals surface area contributed by atoms with Gasteiger partial charge in [0.15, 0.2) is 0 Å². The summed E-state index contributed by atoms with van der Waals surface area (Å²) in [6.45, 7) is 0. The second-order valence-electron chi connectivity index (χ2n) is 0. The van der Waals surface area contributed by atoms with Gasteiger partial charge in [0.1, 0.15) is 0 Å². The Kier molecular flexibility index (Phi) is 169. The molecule has 0 aromatic rings. The molecular weight excluding hydrogens is 273 g/mol. The molecule has 0 atom stereocenters. The van der Waals surface area contributed by atoms with Crippen LogP contribution in [0.3, 0.4) is 0 Å². The molecule has 0 aliphatic rings. The van der Waals surface area contributed by atoms with Gasteiger partial charge in [-0.25, -0.2) is 0 Å². The molecule has 0 bridgehead atoms. The first-order valence-electron chi connectivity index (χ1n) is 0. The van der Waals surface area contributed by atoms with Gasteiger partial charge in [0.05, 0.1) is 0 Å². The average molecular weight is 275 g/mol. The van der Waals surface area contributed by atoms with Gasteiger partial charge < -0.3 is 5.48 Å². The van der Waals surface area contributed by atoms with E-state index in [2.05, 4.69) is 0 Å². The van der Waals surface area contributed by atoms with Gasteiger partial charge in [-0.15, -0.1) is 0 Å². The van der Waals surface area contributed by atoms with Crippen molar-refractivity contribution in [3.05, 3.63) is 0 Å². The molecule has 0 aromatic heterocycles. The summed E-state index contributed by atoms with van der Waals surface area (Å²) in [5, 5.41) is 0. The molecule has 0 heterocycles. The van der Waals surface area contributed by atoms with Crippen molar-refractivity contribution >= 4 is 0 Å². The van der Waals surface area contributed by atoms with E-state index in [1.165, 1.54) is 0 Å². The molecular formula is H2CoLaNiO. The summed E-state index contributed by atoms with van der Waals surface area (Å²) in [5.74, 6) is 0. The van der Waals surface area contributed by atoms with E-state index in [1.807, 2.05) is 0 Å². The number of rotatable bonds is 0.